The van der Waals surface area contributed by atoms with Crippen LogP contribution in [0.3, 0.4) is 0 Å². The summed E-state index contributed by atoms with van der Waals surface area (Å²) in [5, 5.41) is 12.2. The quantitative estimate of drug-likeness (QED) is 0.656. The van der Waals surface area contributed by atoms with Crippen molar-refractivity contribution in [2.24, 2.45) is 0 Å². The van der Waals surface area contributed by atoms with Crippen molar-refractivity contribution in [1.82, 2.24) is 15.1 Å². The molecule has 1 saturated carbocycles. The van der Waals surface area contributed by atoms with Gasteiger partial charge in [-0.3, -0.25) is 14.3 Å². The van der Waals surface area contributed by atoms with Gasteiger partial charge >= 0.3 is 6.18 Å². The van der Waals surface area contributed by atoms with Crippen LogP contribution in [0.4, 0.5) is 24.5 Å². The Morgan fingerprint density at radius 2 is 1.90 bits per heavy atom. The first kappa shape index (κ1) is 20.7. The summed E-state index contributed by atoms with van der Waals surface area (Å²) in [6, 6.07) is 4.84. The second kappa shape index (κ2) is 8.97. The minimum absolute atomic E-state index is 0.0505. The molecule has 0 saturated heterocycles. The Morgan fingerprint density at radius 3 is 2.62 bits per heavy atom. The second-order valence-corrected chi connectivity index (χ2v) is 6.96. The molecule has 156 valence electrons. The van der Waals surface area contributed by atoms with E-state index in [4.69, 9.17) is 0 Å². The molecule has 1 aliphatic carbocycles. The van der Waals surface area contributed by atoms with Crippen LogP contribution in [0.25, 0.3) is 0 Å². The van der Waals surface area contributed by atoms with Crippen molar-refractivity contribution in [3.8, 4) is 0 Å². The summed E-state index contributed by atoms with van der Waals surface area (Å²) >= 11 is 0. The lowest BCUT2D eigenvalue weighted by atomic mass is 10.2. The van der Waals surface area contributed by atoms with Crippen molar-refractivity contribution in [2.45, 2.75) is 44.4 Å². The summed E-state index contributed by atoms with van der Waals surface area (Å²) in [6.45, 7) is -0.163. The molecule has 0 bridgehead atoms. The monoisotopic (exact) mass is 409 g/mol. The number of carbonyl (C=O) groups excluding carboxylic acids is 2. The number of aromatic nitrogens is 2. The Hall–Kier alpha value is -3.04. The maximum absolute atomic E-state index is 12.7. The average molecular weight is 409 g/mol. The van der Waals surface area contributed by atoms with Crippen molar-refractivity contribution < 1.29 is 22.8 Å². The predicted molar refractivity (Wildman–Crippen MR) is 101 cm³/mol. The number of hydrogen-bond donors (Lipinski definition) is 3. The number of nitrogens with one attached hydrogen (secondary N) is 3. The van der Waals surface area contributed by atoms with Crippen molar-refractivity contribution in [3.63, 3.8) is 0 Å². The van der Waals surface area contributed by atoms with Gasteiger partial charge in [-0.1, -0.05) is 18.9 Å². The van der Waals surface area contributed by atoms with Crippen molar-refractivity contribution >= 4 is 23.2 Å². The highest BCUT2D eigenvalue weighted by atomic mass is 19.4. The fraction of sp³-hybridized carbons (Fsp3) is 0.421. The molecule has 1 fully saturated rings. The van der Waals surface area contributed by atoms with E-state index in [1.54, 1.807) is 0 Å². The van der Waals surface area contributed by atoms with E-state index in [-0.39, 0.29) is 30.7 Å². The lowest BCUT2D eigenvalue weighted by Gasteiger charge is -2.11. The fourth-order valence-corrected chi connectivity index (χ4v) is 3.20. The molecule has 10 heteroatoms. The maximum atomic E-state index is 12.7. The highest BCUT2D eigenvalue weighted by Gasteiger charge is 2.30. The van der Waals surface area contributed by atoms with Crippen LogP contribution in [-0.4, -0.2) is 34.2 Å². The van der Waals surface area contributed by atoms with Gasteiger partial charge in [0, 0.05) is 17.9 Å². The van der Waals surface area contributed by atoms with Crippen LogP contribution in [0.1, 0.15) is 31.2 Å². The Morgan fingerprint density at radius 1 is 1.14 bits per heavy atom. The van der Waals surface area contributed by atoms with Crippen LogP contribution in [0.5, 0.6) is 0 Å². The largest absolute Gasteiger partial charge is 0.416 e. The van der Waals surface area contributed by atoms with Gasteiger partial charge in [-0.2, -0.15) is 18.3 Å². The van der Waals surface area contributed by atoms with Gasteiger partial charge in [-0.05, 0) is 31.0 Å². The lowest BCUT2D eigenvalue weighted by molar-refractivity contribution is -0.137. The first-order chi connectivity index (χ1) is 13.8. The number of halogens is 3. The third kappa shape index (κ3) is 6.23. The molecule has 1 aromatic heterocycles. The molecular formula is C19H22F3N5O2. The smallest absolute Gasteiger partial charge is 0.376 e. The van der Waals surface area contributed by atoms with Crippen molar-refractivity contribution in [2.75, 3.05) is 17.2 Å². The topological polar surface area (TPSA) is 88.1 Å². The molecule has 0 aliphatic heterocycles. The number of anilines is 2. The number of hydrogen-bond acceptors (Lipinski definition) is 4. The molecular weight excluding hydrogens is 387 g/mol. The zero-order valence-corrected chi connectivity index (χ0v) is 15.6. The van der Waals surface area contributed by atoms with Crippen LogP contribution >= 0.6 is 0 Å². The molecule has 3 N–H and O–H groups in total. The maximum Gasteiger partial charge on any atom is 0.416 e. The molecule has 2 aromatic rings. The van der Waals surface area contributed by atoms with Gasteiger partial charge in [-0.25, -0.2) is 0 Å². The van der Waals surface area contributed by atoms with Crippen LogP contribution < -0.4 is 16.0 Å². The van der Waals surface area contributed by atoms with Crippen LogP contribution in [0.2, 0.25) is 0 Å². The molecule has 0 radical (unpaired) electrons. The highest BCUT2D eigenvalue weighted by Crippen LogP contribution is 2.30. The van der Waals surface area contributed by atoms with Crippen molar-refractivity contribution in [1.29, 1.82) is 0 Å². The highest BCUT2D eigenvalue weighted by molar-refractivity contribution is 5.93. The van der Waals surface area contributed by atoms with Crippen LogP contribution in [-0.2, 0) is 22.3 Å². The number of alkyl halides is 3. The predicted octanol–water partition coefficient (Wildman–Crippen LogP) is 3.01. The molecule has 0 atom stereocenters. The minimum atomic E-state index is -4.45. The summed E-state index contributed by atoms with van der Waals surface area (Å²) in [4.78, 5) is 24.0. The summed E-state index contributed by atoms with van der Waals surface area (Å²) in [7, 11) is 0. The van der Waals surface area contributed by atoms with E-state index < -0.39 is 17.6 Å². The molecule has 3 rings (SSSR count). The molecule has 1 heterocycles. The Balaban J connectivity index is 1.46. The Labute approximate surface area is 165 Å². The van der Waals surface area contributed by atoms with E-state index in [0.717, 1.165) is 37.8 Å². The standard InChI is InChI=1S/C19H22F3N5O2/c20-19(21,22)13-4-3-7-15(8-13)23-10-17(28)26-16-9-24-27(11-16)12-18(29)25-14-5-1-2-6-14/h3-4,7-9,11,14,23H,1-2,5-6,10,12H2,(H,25,29)(H,26,28). The van der Waals surface area contributed by atoms with Gasteiger partial charge in [0.15, 0.2) is 0 Å². The summed E-state index contributed by atoms with van der Waals surface area (Å²) in [5.41, 5.74) is -0.205. The molecule has 0 spiro atoms. The second-order valence-electron chi connectivity index (χ2n) is 6.96. The van der Waals surface area contributed by atoms with Gasteiger partial charge in [-0.15, -0.1) is 0 Å². The van der Waals surface area contributed by atoms with Gasteiger partial charge in [0.05, 0.1) is 24.0 Å². The summed E-state index contributed by atoms with van der Waals surface area (Å²) in [5.74, 6) is -0.582. The number of benzene rings is 1. The summed E-state index contributed by atoms with van der Waals surface area (Å²) < 4.78 is 39.6. The first-order valence-corrected chi connectivity index (χ1v) is 9.32. The Bertz CT molecular complexity index is 860. The van der Waals surface area contributed by atoms with Crippen molar-refractivity contribution in [3.05, 3.63) is 42.2 Å². The zero-order valence-electron chi connectivity index (χ0n) is 15.6. The SMILES string of the molecule is O=C(CNc1cccc(C(F)(F)F)c1)Nc1cnn(CC(=O)NC2CCCC2)c1. The van der Waals surface area contributed by atoms with Gasteiger partial charge < -0.3 is 16.0 Å². The molecule has 29 heavy (non-hydrogen) atoms. The van der Waals surface area contributed by atoms with Gasteiger partial charge in [0.25, 0.3) is 0 Å². The Kier molecular flexibility index (Phi) is 6.40. The zero-order chi connectivity index (χ0) is 20.9. The van der Waals surface area contributed by atoms with Gasteiger partial charge in [0.2, 0.25) is 11.8 Å². The third-order valence-corrected chi connectivity index (χ3v) is 4.59. The van der Waals surface area contributed by atoms with E-state index in [1.807, 2.05) is 0 Å². The van der Waals surface area contributed by atoms with Crippen LogP contribution in [0.15, 0.2) is 36.7 Å². The molecule has 0 unspecified atom stereocenters. The van der Waals surface area contributed by atoms with Gasteiger partial charge in [0.1, 0.15) is 6.54 Å². The third-order valence-electron chi connectivity index (χ3n) is 4.59. The fourth-order valence-electron chi connectivity index (χ4n) is 3.20. The van der Waals surface area contributed by atoms with E-state index in [1.165, 1.54) is 29.2 Å². The first-order valence-electron chi connectivity index (χ1n) is 9.32. The average Bonchev–Trinajstić information content (AvgIpc) is 3.32. The molecule has 2 amide bonds. The van der Waals surface area contributed by atoms with E-state index >= 15 is 0 Å². The lowest BCUT2D eigenvalue weighted by Crippen LogP contribution is -2.35. The summed E-state index contributed by atoms with van der Waals surface area (Å²) in [6.07, 6.45) is 2.71. The number of nitrogens with zero attached hydrogens (tertiary/aromatic N) is 2. The van der Waals surface area contributed by atoms with Crippen LogP contribution in [0, 0.1) is 0 Å². The minimum Gasteiger partial charge on any atom is -0.376 e. The number of amides is 2. The van der Waals surface area contributed by atoms with E-state index in [0.29, 0.717) is 5.69 Å². The number of rotatable bonds is 7. The van der Waals surface area contributed by atoms with E-state index in [2.05, 4.69) is 21.0 Å². The number of carbonyl (C=O) groups is 2. The molecule has 7 nitrogen and oxygen atoms in total. The molecule has 1 aromatic carbocycles. The normalized spacial score (nSPS) is 14.6. The van der Waals surface area contributed by atoms with E-state index in [9.17, 15) is 22.8 Å². The molecule has 1 aliphatic rings.